The number of carbonyl (C=O) groups is 1. The van der Waals surface area contributed by atoms with Gasteiger partial charge in [0.2, 0.25) is 0 Å². The van der Waals surface area contributed by atoms with Gasteiger partial charge in [0.25, 0.3) is 0 Å². The lowest BCUT2D eigenvalue weighted by Gasteiger charge is -2.11. The van der Waals surface area contributed by atoms with Crippen molar-refractivity contribution in [1.82, 2.24) is 0 Å². The molecule has 1 heterocycles. The first-order valence-electron chi connectivity index (χ1n) is 4.10. The van der Waals surface area contributed by atoms with Crippen LogP contribution in [0.3, 0.4) is 0 Å². The summed E-state index contributed by atoms with van der Waals surface area (Å²) < 4.78 is 5.01. The van der Waals surface area contributed by atoms with Crippen LogP contribution in [0.25, 0.3) is 0 Å². The van der Waals surface area contributed by atoms with Gasteiger partial charge in [0.15, 0.2) is 5.78 Å². The maximum Gasteiger partial charge on any atom is 0.187 e. The first-order chi connectivity index (χ1) is 6.31. The number of carbonyl (C=O) groups excluding carboxylic acids is 1. The molecule has 0 fully saturated rings. The first-order valence-corrected chi connectivity index (χ1v) is 4.98. The average Bonchev–Trinajstić information content (AvgIpc) is 2.53. The van der Waals surface area contributed by atoms with Gasteiger partial charge < -0.3 is 4.74 Å². The Morgan fingerprint density at radius 2 is 2.46 bits per heavy atom. The van der Waals surface area contributed by atoms with Crippen LogP contribution in [0, 0.1) is 0 Å². The van der Waals surface area contributed by atoms with Gasteiger partial charge in [0, 0.05) is 24.0 Å². The summed E-state index contributed by atoms with van der Waals surface area (Å²) in [6.07, 6.45) is 2.56. The van der Waals surface area contributed by atoms with Gasteiger partial charge in [-0.25, -0.2) is 0 Å². The van der Waals surface area contributed by atoms with Gasteiger partial charge in [0.1, 0.15) is 0 Å². The molecule has 13 heavy (non-hydrogen) atoms. The van der Waals surface area contributed by atoms with Crippen LogP contribution in [0.15, 0.2) is 23.1 Å². The molecule has 0 N–H and O–H groups in total. The zero-order valence-corrected chi connectivity index (χ0v) is 8.19. The Kier molecular flexibility index (Phi) is 2.29. The van der Waals surface area contributed by atoms with Crippen molar-refractivity contribution in [1.29, 1.82) is 0 Å². The van der Waals surface area contributed by atoms with Crippen molar-refractivity contribution in [2.75, 3.05) is 13.7 Å². The van der Waals surface area contributed by atoms with E-state index >= 15 is 0 Å². The molecule has 0 bridgehead atoms. The van der Waals surface area contributed by atoms with Crippen LogP contribution in [0.2, 0.25) is 0 Å². The van der Waals surface area contributed by atoms with Crippen molar-refractivity contribution in [3.8, 4) is 0 Å². The van der Waals surface area contributed by atoms with Gasteiger partial charge in [-0.05, 0) is 23.1 Å². The SMILES string of the molecule is COCC1=CC(=O)c2ccsc2C1. The fourth-order valence-electron chi connectivity index (χ4n) is 1.50. The second kappa shape index (κ2) is 3.44. The van der Waals surface area contributed by atoms with Gasteiger partial charge in [-0.1, -0.05) is 0 Å². The molecule has 0 radical (unpaired) electrons. The molecule has 3 heteroatoms. The third-order valence-corrected chi connectivity index (χ3v) is 2.98. The van der Waals surface area contributed by atoms with Gasteiger partial charge in [-0.15, -0.1) is 11.3 Å². The summed E-state index contributed by atoms with van der Waals surface area (Å²) in [6.45, 7) is 0.559. The Morgan fingerprint density at radius 3 is 3.23 bits per heavy atom. The van der Waals surface area contributed by atoms with Crippen LogP contribution >= 0.6 is 11.3 Å². The van der Waals surface area contributed by atoms with E-state index in [2.05, 4.69) is 0 Å². The molecule has 0 saturated heterocycles. The molecule has 0 amide bonds. The van der Waals surface area contributed by atoms with E-state index in [0.717, 1.165) is 17.6 Å². The first kappa shape index (κ1) is 8.66. The van der Waals surface area contributed by atoms with Gasteiger partial charge in [-0.2, -0.15) is 0 Å². The highest BCUT2D eigenvalue weighted by Gasteiger charge is 2.18. The van der Waals surface area contributed by atoms with Crippen molar-refractivity contribution in [2.24, 2.45) is 0 Å². The highest BCUT2D eigenvalue weighted by Crippen LogP contribution is 2.25. The number of hydrogen-bond acceptors (Lipinski definition) is 3. The number of ketones is 1. The van der Waals surface area contributed by atoms with E-state index in [1.165, 1.54) is 4.88 Å². The van der Waals surface area contributed by atoms with Crippen molar-refractivity contribution >= 4 is 17.1 Å². The molecule has 0 aromatic carbocycles. The molecule has 2 rings (SSSR count). The van der Waals surface area contributed by atoms with E-state index in [4.69, 9.17) is 4.74 Å². The molecule has 0 unspecified atom stereocenters. The molecule has 0 aliphatic heterocycles. The van der Waals surface area contributed by atoms with Crippen molar-refractivity contribution in [3.63, 3.8) is 0 Å². The van der Waals surface area contributed by atoms with Crippen LogP contribution in [0.1, 0.15) is 15.2 Å². The van der Waals surface area contributed by atoms with Gasteiger partial charge in [-0.3, -0.25) is 4.79 Å². The number of thiophene rings is 1. The minimum Gasteiger partial charge on any atom is -0.380 e. The zero-order chi connectivity index (χ0) is 9.26. The second-order valence-corrected chi connectivity index (χ2v) is 4.03. The van der Waals surface area contributed by atoms with Crippen LogP contribution in [-0.2, 0) is 11.2 Å². The van der Waals surface area contributed by atoms with E-state index < -0.39 is 0 Å². The molecule has 0 spiro atoms. The lowest BCUT2D eigenvalue weighted by molar-refractivity contribution is 0.104. The summed E-state index contributed by atoms with van der Waals surface area (Å²) >= 11 is 1.64. The summed E-state index contributed by atoms with van der Waals surface area (Å²) in [5.74, 6) is 0.120. The maximum absolute atomic E-state index is 11.5. The van der Waals surface area contributed by atoms with E-state index in [9.17, 15) is 4.79 Å². The fourth-order valence-corrected chi connectivity index (χ4v) is 2.43. The number of fused-ring (bicyclic) bond motifs is 1. The Balaban J connectivity index is 2.28. The number of ether oxygens (including phenoxy) is 1. The Hall–Kier alpha value is -0.930. The van der Waals surface area contributed by atoms with Crippen LogP contribution in [0.4, 0.5) is 0 Å². The summed E-state index contributed by atoms with van der Waals surface area (Å²) in [6, 6.07) is 1.89. The van der Waals surface area contributed by atoms with E-state index in [1.54, 1.807) is 24.5 Å². The summed E-state index contributed by atoms with van der Waals surface area (Å²) in [4.78, 5) is 12.7. The fraction of sp³-hybridized carbons (Fsp3) is 0.300. The molecular formula is C10H10O2S. The lowest BCUT2D eigenvalue weighted by Crippen LogP contribution is -2.09. The normalized spacial score (nSPS) is 15.5. The Bertz CT molecular complexity index is 363. The molecular weight excluding hydrogens is 184 g/mol. The smallest absolute Gasteiger partial charge is 0.187 e. The number of allylic oxidation sites excluding steroid dienone is 1. The molecule has 2 nitrogen and oxygen atoms in total. The maximum atomic E-state index is 11.5. The standard InChI is InChI=1S/C10H10O2S/c1-12-6-7-4-9(11)8-2-3-13-10(8)5-7/h2-4H,5-6H2,1H3. The summed E-state index contributed by atoms with van der Waals surface area (Å²) in [7, 11) is 1.65. The zero-order valence-electron chi connectivity index (χ0n) is 7.37. The minimum absolute atomic E-state index is 0.120. The lowest BCUT2D eigenvalue weighted by atomic mass is 9.98. The summed E-state index contributed by atoms with van der Waals surface area (Å²) in [5, 5.41) is 1.96. The number of hydrogen-bond donors (Lipinski definition) is 0. The molecule has 0 saturated carbocycles. The largest absolute Gasteiger partial charge is 0.380 e. The predicted octanol–water partition coefficient (Wildman–Crippen LogP) is 2.06. The Morgan fingerprint density at radius 1 is 1.62 bits per heavy atom. The van der Waals surface area contributed by atoms with Crippen molar-refractivity contribution in [2.45, 2.75) is 6.42 Å². The minimum atomic E-state index is 0.120. The second-order valence-electron chi connectivity index (χ2n) is 3.03. The van der Waals surface area contributed by atoms with Crippen molar-refractivity contribution < 1.29 is 9.53 Å². The van der Waals surface area contributed by atoms with E-state index in [-0.39, 0.29) is 5.78 Å². The molecule has 0 atom stereocenters. The third kappa shape index (κ3) is 1.57. The summed E-state index contributed by atoms with van der Waals surface area (Å²) in [5.41, 5.74) is 1.94. The third-order valence-electron chi connectivity index (χ3n) is 2.06. The highest BCUT2D eigenvalue weighted by atomic mass is 32.1. The van der Waals surface area contributed by atoms with Gasteiger partial charge >= 0.3 is 0 Å². The monoisotopic (exact) mass is 194 g/mol. The molecule has 1 aliphatic rings. The van der Waals surface area contributed by atoms with Crippen LogP contribution < -0.4 is 0 Å². The van der Waals surface area contributed by atoms with E-state index in [1.807, 2.05) is 11.4 Å². The van der Waals surface area contributed by atoms with Crippen molar-refractivity contribution in [3.05, 3.63) is 33.5 Å². The van der Waals surface area contributed by atoms with E-state index in [0.29, 0.717) is 6.61 Å². The topological polar surface area (TPSA) is 26.3 Å². The number of rotatable bonds is 2. The Labute approximate surface area is 80.8 Å². The van der Waals surface area contributed by atoms with Gasteiger partial charge in [0.05, 0.1) is 6.61 Å². The molecule has 1 aromatic heterocycles. The highest BCUT2D eigenvalue weighted by molar-refractivity contribution is 7.10. The average molecular weight is 194 g/mol. The molecule has 1 aliphatic carbocycles. The van der Waals surface area contributed by atoms with Crippen LogP contribution in [0.5, 0.6) is 0 Å². The molecule has 1 aromatic rings. The number of methoxy groups -OCH3 is 1. The molecule has 68 valence electrons. The van der Waals surface area contributed by atoms with Crippen LogP contribution in [-0.4, -0.2) is 19.5 Å². The predicted molar refractivity (Wildman–Crippen MR) is 52.3 cm³/mol. The quantitative estimate of drug-likeness (QED) is 0.720.